The van der Waals surface area contributed by atoms with E-state index in [9.17, 15) is 4.79 Å². The molecule has 0 atom stereocenters. The van der Waals surface area contributed by atoms with Crippen molar-refractivity contribution in [1.82, 2.24) is 10.2 Å². The van der Waals surface area contributed by atoms with Crippen molar-refractivity contribution in [1.29, 1.82) is 0 Å². The zero-order valence-corrected chi connectivity index (χ0v) is 6.55. The molecule has 1 N–H and O–H groups in total. The first-order valence-electron chi connectivity index (χ1n) is 3.72. The van der Waals surface area contributed by atoms with Crippen LogP contribution in [0.25, 0.3) is 0 Å². The van der Waals surface area contributed by atoms with Crippen LogP contribution in [0.3, 0.4) is 0 Å². The molecule has 1 aliphatic heterocycles. The maximum Gasteiger partial charge on any atom is 0.225 e. The number of rotatable bonds is 1. The van der Waals surface area contributed by atoms with Crippen LogP contribution in [0.1, 0.15) is 20.3 Å². The largest absolute Gasteiger partial charge is 0.327 e. The zero-order valence-electron chi connectivity index (χ0n) is 6.55. The minimum Gasteiger partial charge on any atom is -0.327 e. The van der Waals surface area contributed by atoms with Crippen LogP contribution < -0.4 is 5.32 Å². The van der Waals surface area contributed by atoms with Gasteiger partial charge in [0.1, 0.15) is 0 Å². The molecule has 0 bridgehead atoms. The minimum atomic E-state index is 0.272. The van der Waals surface area contributed by atoms with Gasteiger partial charge in [-0.05, 0) is 13.8 Å². The first-order chi connectivity index (χ1) is 4.72. The molecule has 58 valence electrons. The second-order valence-electron chi connectivity index (χ2n) is 2.87. The maximum atomic E-state index is 11.1. The van der Waals surface area contributed by atoms with Crippen LogP contribution in [0.5, 0.6) is 0 Å². The van der Waals surface area contributed by atoms with Gasteiger partial charge in [0, 0.05) is 19.0 Å². The molecule has 10 heavy (non-hydrogen) atoms. The van der Waals surface area contributed by atoms with Crippen LogP contribution >= 0.6 is 0 Å². The van der Waals surface area contributed by atoms with E-state index in [1.165, 1.54) is 0 Å². The quantitative estimate of drug-likeness (QED) is 0.566. The van der Waals surface area contributed by atoms with Crippen molar-refractivity contribution in [2.75, 3.05) is 13.2 Å². The summed E-state index contributed by atoms with van der Waals surface area (Å²) in [5.41, 5.74) is 0. The second-order valence-corrected chi connectivity index (χ2v) is 2.87. The van der Waals surface area contributed by atoms with Gasteiger partial charge in [-0.25, -0.2) is 0 Å². The Bertz CT molecular complexity index is 134. The molecule has 1 amide bonds. The number of hydrogen-bond acceptors (Lipinski definition) is 2. The summed E-state index contributed by atoms with van der Waals surface area (Å²) in [6.07, 6.45) is 0.651. The summed E-state index contributed by atoms with van der Waals surface area (Å²) in [5, 5.41) is 3.15. The van der Waals surface area contributed by atoms with Crippen LogP contribution in [-0.4, -0.2) is 30.1 Å². The van der Waals surface area contributed by atoms with E-state index in [1.807, 2.05) is 18.7 Å². The number of hydrogen-bond donors (Lipinski definition) is 1. The molecule has 1 heterocycles. The molecule has 0 aromatic carbocycles. The molecule has 1 rings (SSSR count). The topological polar surface area (TPSA) is 32.3 Å². The van der Waals surface area contributed by atoms with E-state index in [2.05, 4.69) is 5.32 Å². The molecule has 0 aliphatic carbocycles. The molecule has 1 fully saturated rings. The summed E-state index contributed by atoms with van der Waals surface area (Å²) < 4.78 is 0. The Labute approximate surface area is 61.4 Å². The average Bonchev–Trinajstić information content (AvgIpc) is 1.88. The molecule has 0 spiro atoms. The smallest absolute Gasteiger partial charge is 0.225 e. The lowest BCUT2D eigenvalue weighted by Gasteiger charge is -2.30. The van der Waals surface area contributed by atoms with E-state index < -0.39 is 0 Å². The fourth-order valence-corrected chi connectivity index (χ4v) is 1.10. The van der Waals surface area contributed by atoms with Crippen LogP contribution in [0.15, 0.2) is 0 Å². The predicted molar refractivity (Wildman–Crippen MR) is 39.5 cm³/mol. The molecule has 0 radical (unpaired) electrons. The molecule has 3 heteroatoms. The van der Waals surface area contributed by atoms with E-state index in [1.54, 1.807) is 0 Å². The Hall–Kier alpha value is -0.570. The van der Waals surface area contributed by atoms with Gasteiger partial charge in [-0.1, -0.05) is 0 Å². The van der Waals surface area contributed by atoms with Gasteiger partial charge in [0.2, 0.25) is 5.91 Å². The van der Waals surface area contributed by atoms with Gasteiger partial charge in [0.05, 0.1) is 6.67 Å². The van der Waals surface area contributed by atoms with E-state index in [-0.39, 0.29) is 5.91 Å². The highest BCUT2D eigenvalue weighted by Crippen LogP contribution is 2.02. The van der Waals surface area contributed by atoms with Crippen LogP contribution in [0.2, 0.25) is 0 Å². The Morgan fingerprint density at radius 3 is 2.70 bits per heavy atom. The number of nitrogens with one attached hydrogen (secondary N) is 1. The lowest BCUT2D eigenvalue weighted by molar-refractivity contribution is -0.135. The van der Waals surface area contributed by atoms with Gasteiger partial charge in [-0.2, -0.15) is 0 Å². The molecule has 1 saturated heterocycles. The number of nitrogens with zero attached hydrogens (tertiary/aromatic N) is 1. The Morgan fingerprint density at radius 2 is 2.30 bits per heavy atom. The Kier molecular flexibility index (Phi) is 2.27. The first-order valence-corrected chi connectivity index (χ1v) is 3.72. The lowest BCUT2D eigenvalue weighted by Crippen LogP contribution is -2.48. The van der Waals surface area contributed by atoms with E-state index in [0.717, 1.165) is 13.2 Å². The van der Waals surface area contributed by atoms with Crippen molar-refractivity contribution in [3.05, 3.63) is 0 Å². The van der Waals surface area contributed by atoms with E-state index in [4.69, 9.17) is 0 Å². The van der Waals surface area contributed by atoms with Crippen molar-refractivity contribution in [3.63, 3.8) is 0 Å². The molecular weight excluding hydrogens is 128 g/mol. The number of carbonyl (C=O) groups excluding carboxylic acids is 1. The first kappa shape index (κ1) is 7.54. The lowest BCUT2D eigenvalue weighted by atomic mass is 10.2. The van der Waals surface area contributed by atoms with Gasteiger partial charge < -0.3 is 4.90 Å². The fourth-order valence-electron chi connectivity index (χ4n) is 1.10. The van der Waals surface area contributed by atoms with Gasteiger partial charge in [-0.15, -0.1) is 0 Å². The summed E-state index contributed by atoms with van der Waals surface area (Å²) in [6, 6.07) is 0.334. The number of carbonyl (C=O) groups is 1. The summed E-state index contributed by atoms with van der Waals surface area (Å²) >= 11 is 0. The second kappa shape index (κ2) is 3.01. The Balaban J connectivity index is 2.48. The van der Waals surface area contributed by atoms with Crippen LogP contribution in [0.4, 0.5) is 0 Å². The van der Waals surface area contributed by atoms with E-state index in [0.29, 0.717) is 12.5 Å². The van der Waals surface area contributed by atoms with Gasteiger partial charge in [0.25, 0.3) is 0 Å². The highest BCUT2D eigenvalue weighted by molar-refractivity contribution is 5.77. The summed E-state index contributed by atoms with van der Waals surface area (Å²) in [6.45, 7) is 5.62. The minimum absolute atomic E-state index is 0.272. The number of amides is 1. The molecule has 0 aromatic heterocycles. The van der Waals surface area contributed by atoms with Crippen LogP contribution in [-0.2, 0) is 4.79 Å². The van der Waals surface area contributed by atoms with Crippen LogP contribution in [0, 0.1) is 0 Å². The predicted octanol–water partition coefficient (Wildman–Crippen LogP) is 0.174. The monoisotopic (exact) mass is 142 g/mol. The Morgan fingerprint density at radius 1 is 1.60 bits per heavy atom. The van der Waals surface area contributed by atoms with Crippen molar-refractivity contribution in [2.45, 2.75) is 26.3 Å². The molecule has 3 nitrogen and oxygen atoms in total. The zero-order chi connectivity index (χ0) is 7.56. The molecule has 0 unspecified atom stereocenters. The summed E-state index contributed by atoms with van der Waals surface area (Å²) in [5.74, 6) is 0.272. The fraction of sp³-hybridized carbons (Fsp3) is 0.857. The molecule has 1 aliphatic rings. The highest BCUT2D eigenvalue weighted by atomic mass is 16.2. The highest BCUT2D eigenvalue weighted by Gasteiger charge is 2.19. The van der Waals surface area contributed by atoms with Crippen molar-refractivity contribution in [2.24, 2.45) is 0 Å². The normalized spacial score (nSPS) is 20.3. The standard InChI is InChI=1S/C7H14N2O/c1-6(2)9-5-8-4-3-7(9)10/h6,8H,3-5H2,1-2H3. The third-order valence-corrected chi connectivity index (χ3v) is 1.74. The molecule has 0 aromatic rings. The van der Waals surface area contributed by atoms with Gasteiger partial charge in [-0.3, -0.25) is 10.1 Å². The third-order valence-electron chi connectivity index (χ3n) is 1.74. The molecule has 0 saturated carbocycles. The van der Waals surface area contributed by atoms with Crippen molar-refractivity contribution in [3.8, 4) is 0 Å². The van der Waals surface area contributed by atoms with E-state index >= 15 is 0 Å². The summed E-state index contributed by atoms with van der Waals surface area (Å²) in [7, 11) is 0. The average molecular weight is 142 g/mol. The molecular formula is C7H14N2O. The van der Waals surface area contributed by atoms with Gasteiger partial charge in [0.15, 0.2) is 0 Å². The maximum absolute atomic E-state index is 11.1. The van der Waals surface area contributed by atoms with Crippen molar-refractivity contribution >= 4 is 5.91 Å². The SMILES string of the molecule is CC(C)N1CNCCC1=O. The summed E-state index contributed by atoms with van der Waals surface area (Å²) in [4.78, 5) is 13.0. The third kappa shape index (κ3) is 1.48. The van der Waals surface area contributed by atoms with Crippen molar-refractivity contribution < 1.29 is 4.79 Å². The van der Waals surface area contributed by atoms with Gasteiger partial charge >= 0.3 is 0 Å².